The van der Waals surface area contributed by atoms with Crippen molar-refractivity contribution in [3.8, 4) is 0 Å². The molecule has 0 saturated carbocycles. The number of amides is 1. The number of benzene rings is 1. The third kappa shape index (κ3) is 4.31. The number of hydrogen-bond acceptors (Lipinski definition) is 5. The summed E-state index contributed by atoms with van der Waals surface area (Å²) in [6.45, 7) is 0.00381. The maximum Gasteiger partial charge on any atom is 0.230 e. The lowest BCUT2D eigenvalue weighted by Crippen LogP contribution is -2.41. The molecule has 3 aromatic rings. The standard InChI is InChI=1S/C18H16FNO3S2/c19-13-5-7-14(8-6-13)25-11-17(21)20-12-18(22,15-3-1-9-23-15)16-4-2-10-24-16/h1-10,22H,11-12H2,(H,20,21). The van der Waals surface area contributed by atoms with E-state index in [-0.39, 0.29) is 24.0 Å². The highest BCUT2D eigenvalue weighted by Crippen LogP contribution is 2.32. The van der Waals surface area contributed by atoms with Crippen LogP contribution in [0.4, 0.5) is 4.39 Å². The van der Waals surface area contributed by atoms with Gasteiger partial charge in [-0.1, -0.05) is 6.07 Å². The number of thioether (sulfide) groups is 1. The molecule has 0 fully saturated rings. The summed E-state index contributed by atoms with van der Waals surface area (Å²) >= 11 is 2.69. The third-order valence-corrected chi connectivity index (χ3v) is 5.62. The van der Waals surface area contributed by atoms with E-state index in [9.17, 15) is 14.3 Å². The van der Waals surface area contributed by atoms with Gasteiger partial charge in [-0.25, -0.2) is 4.39 Å². The van der Waals surface area contributed by atoms with Gasteiger partial charge in [-0.05, 0) is 47.8 Å². The van der Waals surface area contributed by atoms with Crippen LogP contribution in [0.3, 0.4) is 0 Å². The normalized spacial score (nSPS) is 13.4. The molecule has 4 nitrogen and oxygen atoms in total. The second kappa shape index (κ2) is 7.86. The molecule has 1 unspecified atom stereocenters. The van der Waals surface area contributed by atoms with Crippen molar-refractivity contribution >= 4 is 29.0 Å². The Hall–Kier alpha value is -2.09. The highest BCUT2D eigenvalue weighted by molar-refractivity contribution is 8.00. The molecule has 2 N–H and O–H groups in total. The number of hydrogen-bond donors (Lipinski definition) is 2. The summed E-state index contributed by atoms with van der Waals surface area (Å²) in [5, 5.41) is 15.7. The van der Waals surface area contributed by atoms with Crippen molar-refractivity contribution in [3.05, 3.63) is 76.6 Å². The van der Waals surface area contributed by atoms with E-state index in [0.29, 0.717) is 10.6 Å². The summed E-state index contributed by atoms with van der Waals surface area (Å²) in [5.74, 6) is 0.00942. The Labute approximate surface area is 152 Å². The van der Waals surface area contributed by atoms with Gasteiger partial charge in [0.15, 0.2) is 5.60 Å². The molecule has 0 bridgehead atoms. The Balaban J connectivity index is 1.61. The number of furan rings is 1. The van der Waals surface area contributed by atoms with Gasteiger partial charge in [0.2, 0.25) is 5.91 Å². The molecule has 0 radical (unpaired) electrons. The lowest BCUT2D eigenvalue weighted by Gasteiger charge is -2.25. The van der Waals surface area contributed by atoms with E-state index < -0.39 is 5.60 Å². The second-order valence-corrected chi connectivity index (χ2v) is 7.33. The van der Waals surface area contributed by atoms with Crippen molar-refractivity contribution < 1.29 is 18.7 Å². The van der Waals surface area contributed by atoms with Crippen LogP contribution < -0.4 is 5.32 Å². The minimum Gasteiger partial charge on any atom is -0.466 e. The number of halogens is 1. The van der Waals surface area contributed by atoms with Crippen molar-refractivity contribution in [1.82, 2.24) is 5.32 Å². The summed E-state index contributed by atoms with van der Waals surface area (Å²) in [6.07, 6.45) is 1.49. The molecule has 2 heterocycles. The molecular formula is C18H16FNO3S2. The van der Waals surface area contributed by atoms with Gasteiger partial charge >= 0.3 is 0 Å². The van der Waals surface area contributed by atoms with Crippen LogP contribution in [0.2, 0.25) is 0 Å². The van der Waals surface area contributed by atoms with Crippen LogP contribution in [0.15, 0.2) is 69.5 Å². The van der Waals surface area contributed by atoms with Gasteiger partial charge in [-0.2, -0.15) is 0 Å². The van der Waals surface area contributed by atoms with Crippen molar-refractivity contribution in [2.75, 3.05) is 12.3 Å². The molecule has 0 saturated heterocycles. The first-order chi connectivity index (χ1) is 12.1. The highest BCUT2D eigenvalue weighted by atomic mass is 32.2. The molecular weight excluding hydrogens is 361 g/mol. The average molecular weight is 377 g/mol. The summed E-state index contributed by atoms with van der Waals surface area (Å²) in [5.41, 5.74) is -1.41. The first kappa shape index (κ1) is 17.7. The van der Waals surface area contributed by atoms with Crippen molar-refractivity contribution in [2.45, 2.75) is 10.5 Å². The molecule has 1 amide bonds. The van der Waals surface area contributed by atoms with Crippen LogP contribution in [0.5, 0.6) is 0 Å². The first-order valence-electron chi connectivity index (χ1n) is 7.53. The highest BCUT2D eigenvalue weighted by Gasteiger charge is 2.36. The minimum atomic E-state index is -1.41. The molecule has 7 heteroatoms. The average Bonchev–Trinajstić information content (AvgIpc) is 3.33. The molecule has 1 aromatic carbocycles. The fourth-order valence-electron chi connectivity index (χ4n) is 2.28. The third-order valence-electron chi connectivity index (χ3n) is 3.58. The molecule has 2 aromatic heterocycles. The Morgan fingerprint density at radius 1 is 1.24 bits per heavy atom. The zero-order valence-corrected chi connectivity index (χ0v) is 14.8. The predicted octanol–water partition coefficient (Wildman–Crippen LogP) is 3.62. The van der Waals surface area contributed by atoms with Gasteiger partial charge in [0.05, 0.1) is 18.6 Å². The molecule has 3 rings (SSSR count). The van der Waals surface area contributed by atoms with Crippen LogP contribution in [-0.4, -0.2) is 23.3 Å². The van der Waals surface area contributed by atoms with E-state index in [1.165, 1.54) is 41.5 Å². The Morgan fingerprint density at radius 3 is 2.68 bits per heavy atom. The number of rotatable bonds is 7. The van der Waals surface area contributed by atoms with Gasteiger partial charge in [-0.3, -0.25) is 4.79 Å². The second-order valence-electron chi connectivity index (χ2n) is 5.33. The number of carbonyl (C=O) groups excluding carboxylic acids is 1. The first-order valence-corrected chi connectivity index (χ1v) is 9.40. The van der Waals surface area contributed by atoms with Gasteiger partial charge in [0, 0.05) is 9.77 Å². The van der Waals surface area contributed by atoms with E-state index in [4.69, 9.17) is 4.42 Å². The van der Waals surface area contributed by atoms with Crippen molar-refractivity contribution in [2.24, 2.45) is 0 Å². The topological polar surface area (TPSA) is 62.5 Å². The molecule has 25 heavy (non-hydrogen) atoms. The number of nitrogens with one attached hydrogen (secondary N) is 1. The lowest BCUT2D eigenvalue weighted by atomic mass is 9.98. The largest absolute Gasteiger partial charge is 0.466 e. The van der Waals surface area contributed by atoms with Gasteiger partial charge in [0.1, 0.15) is 11.6 Å². The monoisotopic (exact) mass is 377 g/mol. The maximum absolute atomic E-state index is 12.9. The van der Waals surface area contributed by atoms with Crippen LogP contribution in [0.1, 0.15) is 10.6 Å². The lowest BCUT2D eigenvalue weighted by molar-refractivity contribution is -0.119. The van der Waals surface area contributed by atoms with Crippen LogP contribution in [-0.2, 0) is 10.4 Å². The van der Waals surface area contributed by atoms with Crippen molar-refractivity contribution in [1.29, 1.82) is 0 Å². The fraction of sp³-hybridized carbons (Fsp3) is 0.167. The van der Waals surface area contributed by atoms with E-state index in [1.807, 2.05) is 11.4 Å². The molecule has 1 atom stereocenters. The van der Waals surface area contributed by atoms with E-state index in [2.05, 4.69) is 5.32 Å². The zero-order chi connectivity index (χ0) is 17.7. The number of aliphatic hydroxyl groups is 1. The van der Waals surface area contributed by atoms with Gasteiger partial charge < -0.3 is 14.8 Å². The van der Waals surface area contributed by atoms with E-state index in [0.717, 1.165) is 4.90 Å². The predicted molar refractivity (Wildman–Crippen MR) is 96.2 cm³/mol. The van der Waals surface area contributed by atoms with Crippen LogP contribution in [0, 0.1) is 5.82 Å². The van der Waals surface area contributed by atoms with E-state index in [1.54, 1.807) is 30.3 Å². The SMILES string of the molecule is O=C(CSc1ccc(F)cc1)NCC(O)(c1ccco1)c1cccs1. The molecule has 0 aliphatic carbocycles. The Bertz CT molecular complexity index is 767. The van der Waals surface area contributed by atoms with Crippen LogP contribution in [0.25, 0.3) is 0 Å². The fourth-order valence-corrected chi connectivity index (χ4v) is 3.84. The minimum absolute atomic E-state index is 0.00381. The number of thiophene rings is 1. The summed E-state index contributed by atoms with van der Waals surface area (Å²) in [7, 11) is 0. The van der Waals surface area contributed by atoms with Gasteiger partial charge in [-0.15, -0.1) is 23.1 Å². The quantitative estimate of drug-likeness (QED) is 0.618. The molecule has 0 spiro atoms. The Kier molecular flexibility index (Phi) is 5.57. The summed E-state index contributed by atoms with van der Waals surface area (Å²) < 4.78 is 18.2. The molecule has 0 aliphatic heterocycles. The summed E-state index contributed by atoms with van der Waals surface area (Å²) in [6, 6.07) is 13.0. The summed E-state index contributed by atoms with van der Waals surface area (Å²) in [4.78, 5) is 13.6. The number of carbonyl (C=O) groups is 1. The van der Waals surface area contributed by atoms with Crippen LogP contribution >= 0.6 is 23.1 Å². The van der Waals surface area contributed by atoms with Crippen molar-refractivity contribution in [3.63, 3.8) is 0 Å². The maximum atomic E-state index is 12.9. The molecule has 0 aliphatic rings. The smallest absolute Gasteiger partial charge is 0.230 e. The zero-order valence-electron chi connectivity index (χ0n) is 13.1. The van der Waals surface area contributed by atoms with E-state index >= 15 is 0 Å². The Morgan fingerprint density at radius 2 is 2.04 bits per heavy atom. The van der Waals surface area contributed by atoms with Gasteiger partial charge in [0.25, 0.3) is 0 Å². The molecule has 130 valence electrons.